The summed E-state index contributed by atoms with van der Waals surface area (Å²) < 4.78 is 6.43. The lowest BCUT2D eigenvalue weighted by atomic mass is 10.1. The zero-order chi connectivity index (χ0) is 15.1. The Balaban J connectivity index is 2.53. The van der Waals surface area contributed by atoms with Gasteiger partial charge in [0.25, 0.3) is 5.91 Å². The van der Waals surface area contributed by atoms with Crippen molar-refractivity contribution in [1.82, 2.24) is 5.32 Å². The van der Waals surface area contributed by atoms with Crippen LogP contribution in [0.25, 0.3) is 0 Å². The average Bonchev–Trinajstić information content (AvgIpc) is 2.39. The third-order valence-corrected chi connectivity index (χ3v) is 3.28. The SMILES string of the molecule is CCC(CC(=O)O)NC(=O)C(C)Oc1ccc(Br)cc1. The Kier molecular flexibility index (Phi) is 6.51. The molecule has 1 aromatic rings. The van der Waals surface area contributed by atoms with E-state index in [0.717, 1.165) is 4.47 Å². The van der Waals surface area contributed by atoms with Crippen LogP contribution in [0.5, 0.6) is 5.75 Å². The number of halogens is 1. The zero-order valence-corrected chi connectivity index (χ0v) is 13.0. The molecule has 0 heterocycles. The molecule has 0 aliphatic carbocycles. The number of aliphatic carboxylic acids is 1. The number of rotatable bonds is 7. The molecule has 2 atom stereocenters. The smallest absolute Gasteiger partial charge is 0.305 e. The van der Waals surface area contributed by atoms with Crippen LogP contribution in [0.3, 0.4) is 0 Å². The molecule has 0 aliphatic rings. The maximum absolute atomic E-state index is 11.9. The Bertz CT molecular complexity index is 461. The molecule has 0 saturated carbocycles. The fourth-order valence-corrected chi connectivity index (χ4v) is 1.86. The Hall–Kier alpha value is -1.56. The first-order chi connectivity index (χ1) is 9.42. The first-order valence-electron chi connectivity index (χ1n) is 6.36. The number of carboxylic acid groups (broad SMARTS) is 1. The monoisotopic (exact) mass is 343 g/mol. The molecule has 110 valence electrons. The highest BCUT2D eigenvalue weighted by Crippen LogP contribution is 2.17. The molecule has 2 N–H and O–H groups in total. The largest absolute Gasteiger partial charge is 0.481 e. The summed E-state index contributed by atoms with van der Waals surface area (Å²) in [7, 11) is 0. The van der Waals surface area contributed by atoms with Crippen molar-refractivity contribution < 1.29 is 19.4 Å². The highest BCUT2D eigenvalue weighted by atomic mass is 79.9. The molecule has 0 aliphatic heterocycles. The van der Waals surface area contributed by atoms with Crippen molar-refractivity contribution in [3.63, 3.8) is 0 Å². The molecule has 0 bridgehead atoms. The molecule has 0 spiro atoms. The zero-order valence-electron chi connectivity index (χ0n) is 11.4. The van der Waals surface area contributed by atoms with E-state index in [0.29, 0.717) is 12.2 Å². The van der Waals surface area contributed by atoms with Crippen molar-refractivity contribution in [3.8, 4) is 5.75 Å². The molecule has 0 aromatic heterocycles. The number of carboxylic acids is 1. The molecular formula is C14H18BrNO4. The lowest BCUT2D eigenvalue weighted by Gasteiger charge is -2.19. The molecule has 1 aromatic carbocycles. The predicted octanol–water partition coefficient (Wildman–Crippen LogP) is 2.59. The standard InChI is InChI=1S/C14H18BrNO4/c1-3-11(8-13(17)18)16-14(19)9(2)20-12-6-4-10(15)5-7-12/h4-7,9,11H,3,8H2,1-2H3,(H,16,19)(H,17,18). The minimum absolute atomic E-state index is 0.0900. The van der Waals surface area contributed by atoms with Gasteiger partial charge in [0.05, 0.1) is 6.42 Å². The summed E-state index contributed by atoms with van der Waals surface area (Å²) in [5.41, 5.74) is 0. The van der Waals surface area contributed by atoms with Crippen molar-refractivity contribution in [1.29, 1.82) is 0 Å². The lowest BCUT2D eigenvalue weighted by molar-refractivity contribution is -0.138. The summed E-state index contributed by atoms with van der Waals surface area (Å²) in [5.74, 6) is -0.665. The second kappa shape index (κ2) is 7.89. The molecule has 6 heteroatoms. The number of ether oxygens (including phenoxy) is 1. The van der Waals surface area contributed by atoms with Gasteiger partial charge in [-0.3, -0.25) is 9.59 Å². The van der Waals surface area contributed by atoms with Gasteiger partial charge in [0.15, 0.2) is 6.10 Å². The van der Waals surface area contributed by atoms with Crippen molar-refractivity contribution in [2.45, 2.75) is 38.8 Å². The first kappa shape index (κ1) is 16.5. The summed E-state index contributed by atoms with van der Waals surface area (Å²) >= 11 is 3.32. The van der Waals surface area contributed by atoms with Gasteiger partial charge in [0.1, 0.15) is 5.75 Å². The average molecular weight is 344 g/mol. The van der Waals surface area contributed by atoms with Crippen LogP contribution < -0.4 is 10.1 Å². The van der Waals surface area contributed by atoms with Crippen molar-refractivity contribution in [3.05, 3.63) is 28.7 Å². The number of hydrogen-bond acceptors (Lipinski definition) is 3. The fourth-order valence-electron chi connectivity index (χ4n) is 1.60. The van der Waals surface area contributed by atoms with Gasteiger partial charge in [-0.2, -0.15) is 0 Å². The predicted molar refractivity (Wildman–Crippen MR) is 78.7 cm³/mol. The van der Waals surface area contributed by atoms with Crippen LogP contribution in [0, 0.1) is 0 Å². The van der Waals surface area contributed by atoms with Crippen LogP contribution >= 0.6 is 15.9 Å². The number of carbonyl (C=O) groups is 2. The van der Waals surface area contributed by atoms with Crippen LogP contribution in [0.1, 0.15) is 26.7 Å². The van der Waals surface area contributed by atoms with Gasteiger partial charge in [0, 0.05) is 10.5 Å². The third-order valence-electron chi connectivity index (χ3n) is 2.76. The lowest BCUT2D eigenvalue weighted by Crippen LogP contribution is -2.43. The van der Waals surface area contributed by atoms with Crippen LogP contribution in [0.4, 0.5) is 0 Å². The topological polar surface area (TPSA) is 75.6 Å². The van der Waals surface area contributed by atoms with E-state index in [9.17, 15) is 9.59 Å². The van der Waals surface area contributed by atoms with Crippen molar-refractivity contribution in [2.75, 3.05) is 0 Å². The van der Waals surface area contributed by atoms with Gasteiger partial charge in [-0.05, 0) is 37.6 Å². The Morgan fingerprint density at radius 2 is 1.95 bits per heavy atom. The highest BCUT2D eigenvalue weighted by Gasteiger charge is 2.19. The first-order valence-corrected chi connectivity index (χ1v) is 7.16. The molecule has 0 saturated heterocycles. The molecular weight excluding hydrogens is 326 g/mol. The van der Waals surface area contributed by atoms with Gasteiger partial charge < -0.3 is 15.2 Å². The normalized spacial score (nSPS) is 13.3. The van der Waals surface area contributed by atoms with E-state index in [1.165, 1.54) is 0 Å². The molecule has 2 unspecified atom stereocenters. The second-order valence-electron chi connectivity index (χ2n) is 4.43. The fraction of sp³-hybridized carbons (Fsp3) is 0.429. The van der Waals surface area contributed by atoms with E-state index in [2.05, 4.69) is 21.2 Å². The summed E-state index contributed by atoms with van der Waals surface area (Å²) in [6, 6.07) is 6.76. The van der Waals surface area contributed by atoms with Gasteiger partial charge in [0.2, 0.25) is 0 Å². The van der Waals surface area contributed by atoms with Crippen molar-refractivity contribution >= 4 is 27.8 Å². The van der Waals surface area contributed by atoms with Gasteiger partial charge in [-0.15, -0.1) is 0 Å². The number of benzene rings is 1. The summed E-state index contributed by atoms with van der Waals surface area (Å²) in [4.78, 5) is 22.6. The maximum Gasteiger partial charge on any atom is 0.305 e. The Morgan fingerprint density at radius 1 is 1.35 bits per heavy atom. The Labute approximate surface area is 126 Å². The minimum Gasteiger partial charge on any atom is -0.481 e. The van der Waals surface area contributed by atoms with E-state index >= 15 is 0 Å². The van der Waals surface area contributed by atoms with Crippen LogP contribution in [-0.2, 0) is 9.59 Å². The molecule has 20 heavy (non-hydrogen) atoms. The van der Waals surface area contributed by atoms with E-state index in [1.54, 1.807) is 19.1 Å². The van der Waals surface area contributed by atoms with Crippen LogP contribution in [-0.4, -0.2) is 29.1 Å². The molecule has 1 rings (SSSR count). The molecule has 0 fully saturated rings. The number of amides is 1. The van der Waals surface area contributed by atoms with Crippen LogP contribution in [0.15, 0.2) is 28.7 Å². The molecule has 1 amide bonds. The van der Waals surface area contributed by atoms with Crippen LogP contribution in [0.2, 0.25) is 0 Å². The van der Waals surface area contributed by atoms with E-state index < -0.39 is 12.1 Å². The number of carbonyl (C=O) groups excluding carboxylic acids is 1. The number of nitrogens with one attached hydrogen (secondary N) is 1. The van der Waals surface area contributed by atoms with E-state index in [1.807, 2.05) is 19.1 Å². The minimum atomic E-state index is -0.932. The van der Waals surface area contributed by atoms with Gasteiger partial charge in [-0.1, -0.05) is 22.9 Å². The second-order valence-corrected chi connectivity index (χ2v) is 5.34. The maximum atomic E-state index is 11.9. The quantitative estimate of drug-likeness (QED) is 0.797. The van der Waals surface area contributed by atoms with E-state index in [-0.39, 0.29) is 18.4 Å². The van der Waals surface area contributed by atoms with Gasteiger partial charge in [-0.25, -0.2) is 0 Å². The highest BCUT2D eigenvalue weighted by molar-refractivity contribution is 9.10. The Morgan fingerprint density at radius 3 is 2.45 bits per heavy atom. The van der Waals surface area contributed by atoms with E-state index in [4.69, 9.17) is 9.84 Å². The summed E-state index contributed by atoms with van der Waals surface area (Å²) in [5, 5.41) is 11.4. The number of hydrogen-bond donors (Lipinski definition) is 2. The van der Waals surface area contributed by atoms with Gasteiger partial charge >= 0.3 is 5.97 Å². The third kappa shape index (κ3) is 5.61. The van der Waals surface area contributed by atoms with Crippen molar-refractivity contribution in [2.24, 2.45) is 0 Å². The summed E-state index contributed by atoms with van der Waals surface area (Å²) in [6.45, 7) is 3.46. The summed E-state index contributed by atoms with van der Waals surface area (Å²) in [6.07, 6.45) is -0.213. The molecule has 5 nitrogen and oxygen atoms in total. The molecule has 0 radical (unpaired) electrons.